The van der Waals surface area contributed by atoms with Gasteiger partial charge in [0.25, 0.3) is 0 Å². The van der Waals surface area contributed by atoms with E-state index < -0.39 is 0 Å². The molecule has 1 aliphatic rings. The maximum atomic E-state index is 11.4. The quantitative estimate of drug-likeness (QED) is 0.738. The number of ether oxygens (including phenoxy) is 1. The zero-order valence-corrected chi connectivity index (χ0v) is 9.33. The lowest BCUT2D eigenvalue weighted by atomic mass is 10.1. The number of carbonyl (C=O) groups is 1. The molecule has 0 aliphatic heterocycles. The van der Waals surface area contributed by atoms with E-state index in [4.69, 9.17) is 16.3 Å². The normalized spacial score (nSPS) is 23.6. The molecular formula is C12H13ClO2. The van der Waals surface area contributed by atoms with Crippen LogP contribution in [0.15, 0.2) is 24.3 Å². The predicted molar refractivity (Wildman–Crippen MR) is 58.9 cm³/mol. The molecule has 0 aromatic heterocycles. The first-order chi connectivity index (χ1) is 7.22. The predicted octanol–water partition coefficient (Wildman–Crippen LogP) is 3.01. The van der Waals surface area contributed by atoms with E-state index in [0.29, 0.717) is 12.5 Å². The van der Waals surface area contributed by atoms with Crippen LogP contribution in [0.3, 0.4) is 0 Å². The molecule has 2 atom stereocenters. The van der Waals surface area contributed by atoms with Crippen molar-refractivity contribution >= 4 is 17.6 Å². The molecule has 1 aromatic carbocycles. The van der Waals surface area contributed by atoms with Gasteiger partial charge in [-0.2, -0.15) is 0 Å². The van der Waals surface area contributed by atoms with Gasteiger partial charge in [-0.3, -0.25) is 4.79 Å². The van der Waals surface area contributed by atoms with Crippen LogP contribution in [0.25, 0.3) is 0 Å². The number of hydrogen-bond donors (Lipinski definition) is 0. The molecule has 0 heterocycles. The Balaban J connectivity index is 1.98. The zero-order chi connectivity index (χ0) is 10.8. The number of rotatable bonds is 3. The first-order valence-electron chi connectivity index (χ1n) is 5.14. The van der Waals surface area contributed by atoms with E-state index >= 15 is 0 Å². The Morgan fingerprint density at radius 1 is 1.47 bits per heavy atom. The van der Waals surface area contributed by atoms with Gasteiger partial charge >= 0.3 is 5.97 Å². The van der Waals surface area contributed by atoms with Gasteiger partial charge in [0, 0.05) is 5.02 Å². The van der Waals surface area contributed by atoms with Crippen molar-refractivity contribution in [2.45, 2.75) is 19.3 Å². The molecule has 3 heteroatoms. The summed E-state index contributed by atoms with van der Waals surface area (Å²) < 4.78 is 4.98. The fourth-order valence-electron chi connectivity index (χ4n) is 1.78. The molecule has 0 radical (unpaired) electrons. The second-order valence-corrected chi connectivity index (χ2v) is 4.19. The van der Waals surface area contributed by atoms with Crippen molar-refractivity contribution in [3.8, 4) is 0 Å². The summed E-state index contributed by atoms with van der Waals surface area (Å²) in [6.07, 6.45) is 0.903. The molecule has 80 valence electrons. The Morgan fingerprint density at radius 3 is 2.73 bits per heavy atom. The highest BCUT2D eigenvalue weighted by Gasteiger charge is 2.44. The molecule has 0 bridgehead atoms. The van der Waals surface area contributed by atoms with E-state index in [0.717, 1.165) is 11.4 Å². The molecule has 1 aromatic rings. The van der Waals surface area contributed by atoms with Crippen LogP contribution < -0.4 is 0 Å². The number of carbonyl (C=O) groups excluding carboxylic acids is 1. The first-order valence-corrected chi connectivity index (χ1v) is 5.52. The van der Waals surface area contributed by atoms with Crippen LogP contribution in [0, 0.1) is 5.92 Å². The summed E-state index contributed by atoms with van der Waals surface area (Å²) >= 11 is 5.79. The monoisotopic (exact) mass is 224 g/mol. The standard InChI is InChI=1S/C12H13ClO2/c1-2-15-12(14)11-7-10(11)8-3-5-9(13)6-4-8/h3-6,10-11H,2,7H2,1H3/t10-,11+/m1/s1. The molecule has 0 unspecified atom stereocenters. The smallest absolute Gasteiger partial charge is 0.309 e. The lowest BCUT2D eigenvalue weighted by Gasteiger charge is -2.01. The number of hydrogen-bond acceptors (Lipinski definition) is 2. The fraction of sp³-hybridized carbons (Fsp3) is 0.417. The highest BCUT2D eigenvalue weighted by Crippen LogP contribution is 2.48. The minimum absolute atomic E-state index is 0.0612. The van der Waals surface area contributed by atoms with Gasteiger partial charge in [-0.1, -0.05) is 23.7 Å². The summed E-state index contributed by atoms with van der Waals surface area (Å²) in [5.74, 6) is 0.324. The molecule has 2 rings (SSSR count). The molecule has 1 saturated carbocycles. The summed E-state index contributed by atoms with van der Waals surface area (Å²) in [5.41, 5.74) is 1.18. The maximum Gasteiger partial charge on any atom is 0.309 e. The average Bonchev–Trinajstić information content (AvgIpc) is 2.99. The second kappa shape index (κ2) is 4.23. The fourth-order valence-corrected chi connectivity index (χ4v) is 1.91. The maximum absolute atomic E-state index is 11.4. The molecule has 0 N–H and O–H groups in total. The van der Waals surface area contributed by atoms with Crippen LogP contribution in [0.5, 0.6) is 0 Å². The number of halogens is 1. The summed E-state index contributed by atoms with van der Waals surface area (Å²) in [6, 6.07) is 7.67. The molecule has 2 nitrogen and oxygen atoms in total. The zero-order valence-electron chi connectivity index (χ0n) is 8.57. The van der Waals surface area contributed by atoms with Crippen molar-refractivity contribution in [2.75, 3.05) is 6.61 Å². The second-order valence-electron chi connectivity index (χ2n) is 3.75. The van der Waals surface area contributed by atoms with Crippen LogP contribution in [0.4, 0.5) is 0 Å². The lowest BCUT2D eigenvalue weighted by Crippen LogP contribution is -2.07. The first kappa shape index (κ1) is 10.5. The molecule has 1 fully saturated rings. The van der Waals surface area contributed by atoms with Crippen molar-refractivity contribution in [3.63, 3.8) is 0 Å². The topological polar surface area (TPSA) is 26.3 Å². The van der Waals surface area contributed by atoms with Crippen LogP contribution >= 0.6 is 11.6 Å². The van der Waals surface area contributed by atoms with Crippen molar-refractivity contribution in [3.05, 3.63) is 34.9 Å². The number of esters is 1. The minimum Gasteiger partial charge on any atom is -0.466 e. The van der Waals surface area contributed by atoms with E-state index in [2.05, 4.69) is 0 Å². The highest BCUT2D eigenvalue weighted by molar-refractivity contribution is 6.30. The third-order valence-electron chi connectivity index (χ3n) is 2.68. The Hall–Kier alpha value is -1.02. The minimum atomic E-state index is -0.0718. The SMILES string of the molecule is CCOC(=O)[C@H]1C[C@@H]1c1ccc(Cl)cc1. The number of benzene rings is 1. The summed E-state index contributed by atoms with van der Waals surface area (Å²) in [4.78, 5) is 11.4. The Morgan fingerprint density at radius 2 is 2.13 bits per heavy atom. The van der Waals surface area contributed by atoms with E-state index in [1.165, 1.54) is 5.56 Å². The van der Waals surface area contributed by atoms with Gasteiger partial charge < -0.3 is 4.74 Å². The van der Waals surface area contributed by atoms with Crippen LogP contribution in [0.2, 0.25) is 5.02 Å². The third-order valence-corrected chi connectivity index (χ3v) is 2.93. The van der Waals surface area contributed by atoms with Crippen molar-refractivity contribution in [2.24, 2.45) is 5.92 Å². The summed E-state index contributed by atoms with van der Waals surface area (Å²) in [6.45, 7) is 2.29. The van der Waals surface area contributed by atoms with Gasteiger partial charge in [0.05, 0.1) is 12.5 Å². The highest BCUT2D eigenvalue weighted by atomic mass is 35.5. The molecule has 0 amide bonds. The Bertz CT molecular complexity index is 358. The molecule has 0 spiro atoms. The lowest BCUT2D eigenvalue weighted by molar-refractivity contribution is -0.144. The van der Waals surface area contributed by atoms with Crippen molar-refractivity contribution in [1.29, 1.82) is 0 Å². The van der Waals surface area contributed by atoms with Gasteiger partial charge in [-0.25, -0.2) is 0 Å². The van der Waals surface area contributed by atoms with Gasteiger partial charge in [0.15, 0.2) is 0 Å². The van der Waals surface area contributed by atoms with Gasteiger partial charge in [0.1, 0.15) is 0 Å². The van der Waals surface area contributed by atoms with Crippen molar-refractivity contribution < 1.29 is 9.53 Å². The largest absolute Gasteiger partial charge is 0.466 e. The van der Waals surface area contributed by atoms with Crippen LogP contribution in [-0.2, 0) is 9.53 Å². The van der Waals surface area contributed by atoms with Crippen LogP contribution in [0.1, 0.15) is 24.8 Å². The molecular weight excluding hydrogens is 212 g/mol. The average molecular weight is 225 g/mol. The van der Waals surface area contributed by atoms with Gasteiger partial charge in [-0.05, 0) is 37.0 Å². The summed E-state index contributed by atoms with van der Waals surface area (Å²) in [7, 11) is 0. The Kier molecular flexibility index (Phi) is 2.96. The van der Waals surface area contributed by atoms with Crippen LogP contribution in [-0.4, -0.2) is 12.6 Å². The van der Waals surface area contributed by atoms with Crippen molar-refractivity contribution in [1.82, 2.24) is 0 Å². The molecule has 0 saturated heterocycles. The molecule has 15 heavy (non-hydrogen) atoms. The summed E-state index contributed by atoms with van der Waals surface area (Å²) in [5, 5.41) is 0.729. The third kappa shape index (κ3) is 2.32. The Labute approximate surface area is 94.2 Å². The van der Waals surface area contributed by atoms with E-state index in [1.54, 1.807) is 0 Å². The van der Waals surface area contributed by atoms with Gasteiger partial charge in [-0.15, -0.1) is 0 Å². The van der Waals surface area contributed by atoms with Gasteiger partial charge in [0.2, 0.25) is 0 Å². The van der Waals surface area contributed by atoms with E-state index in [-0.39, 0.29) is 11.9 Å². The van der Waals surface area contributed by atoms with E-state index in [1.807, 2.05) is 31.2 Å². The van der Waals surface area contributed by atoms with E-state index in [9.17, 15) is 4.79 Å². The molecule has 1 aliphatic carbocycles.